The molecule has 2 unspecified atom stereocenters. The molecule has 0 spiro atoms. The Morgan fingerprint density at radius 2 is 2.10 bits per heavy atom. The number of hydrogen-bond acceptors (Lipinski definition) is 2. The van der Waals surface area contributed by atoms with Crippen molar-refractivity contribution in [2.45, 2.75) is 26.2 Å². The fourth-order valence-corrected chi connectivity index (χ4v) is 2.53. The number of aliphatic carboxylic acids is 1. The van der Waals surface area contributed by atoms with Crippen molar-refractivity contribution in [2.24, 2.45) is 11.8 Å². The lowest BCUT2D eigenvalue weighted by Crippen LogP contribution is -2.35. The first-order valence-corrected chi connectivity index (χ1v) is 7.29. The van der Waals surface area contributed by atoms with Gasteiger partial charge in [-0.3, -0.25) is 9.59 Å². The predicted octanol–water partition coefficient (Wildman–Crippen LogP) is 2.33. The van der Waals surface area contributed by atoms with Gasteiger partial charge >= 0.3 is 5.97 Å². The first-order valence-electron chi connectivity index (χ1n) is 7.29. The van der Waals surface area contributed by atoms with E-state index in [0.29, 0.717) is 25.9 Å². The molecule has 1 aliphatic carbocycles. The third kappa shape index (κ3) is 4.03. The maximum atomic E-state index is 13.1. The minimum absolute atomic E-state index is 0.0827. The van der Waals surface area contributed by atoms with Gasteiger partial charge in [0.25, 0.3) is 0 Å². The van der Waals surface area contributed by atoms with Crippen molar-refractivity contribution in [2.75, 3.05) is 13.1 Å². The molecule has 0 bridgehead atoms. The van der Waals surface area contributed by atoms with Crippen molar-refractivity contribution >= 4 is 11.9 Å². The van der Waals surface area contributed by atoms with Crippen LogP contribution in [0.5, 0.6) is 0 Å². The van der Waals surface area contributed by atoms with Gasteiger partial charge in [-0.1, -0.05) is 19.1 Å². The topological polar surface area (TPSA) is 57.6 Å². The van der Waals surface area contributed by atoms with Crippen LogP contribution in [0.3, 0.4) is 0 Å². The summed E-state index contributed by atoms with van der Waals surface area (Å²) in [7, 11) is 0. The Labute approximate surface area is 123 Å². The van der Waals surface area contributed by atoms with E-state index in [0.717, 1.165) is 12.0 Å². The zero-order valence-electron chi connectivity index (χ0n) is 12.1. The van der Waals surface area contributed by atoms with E-state index >= 15 is 0 Å². The number of benzene rings is 1. The van der Waals surface area contributed by atoms with Gasteiger partial charge in [-0.05, 0) is 37.0 Å². The molecule has 1 aromatic carbocycles. The zero-order valence-corrected chi connectivity index (χ0v) is 12.1. The van der Waals surface area contributed by atoms with Gasteiger partial charge in [-0.2, -0.15) is 0 Å². The fourth-order valence-electron chi connectivity index (χ4n) is 2.53. The Morgan fingerprint density at radius 3 is 2.67 bits per heavy atom. The smallest absolute Gasteiger partial charge is 0.307 e. The summed E-state index contributed by atoms with van der Waals surface area (Å²) < 4.78 is 13.1. The zero-order chi connectivity index (χ0) is 15.4. The van der Waals surface area contributed by atoms with Crippen LogP contribution in [0.1, 0.15) is 25.3 Å². The summed E-state index contributed by atoms with van der Waals surface area (Å²) >= 11 is 0. The number of rotatable bonds is 7. The minimum Gasteiger partial charge on any atom is -0.481 e. The molecule has 1 saturated carbocycles. The summed E-state index contributed by atoms with van der Waals surface area (Å²) in [6.07, 6.45) is 1.83. The highest BCUT2D eigenvalue weighted by Crippen LogP contribution is 2.40. The number of hydrogen-bond donors (Lipinski definition) is 1. The Kier molecular flexibility index (Phi) is 4.94. The summed E-state index contributed by atoms with van der Waals surface area (Å²) in [5, 5.41) is 8.91. The molecule has 0 aromatic heterocycles. The van der Waals surface area contributed by atoms with Gasteiger partial charge in [0.1, 0.15) is 5.82 Å². The summed E-state index contributed by atoms with van der Waals surface area (Å²) in [6, 6.07) is 6.33. The average Bonchev–Trinajstić information content (AvgIpc) is 3.23. The lowest BCUT2D eigenvalue weighted by molar-refractivity contribution is -0.142. The van der Waals surface area contributed by atoms with Gasteiger partial charge in [0.15, 0.2) is 0 Å². The number of amides is 1. The number of carboxylic acids is 1. The van der Waals surface area contributed by atoms with Crippen LogP contribution in [0.15, 0.2) is 24.3 Å². The molecule has 1 aromatic rings. The van der Waals surface area contributed by atoms with Crippen LogP contribution in [-0.4, -0.2) is 35.0 Å². The maximum absolute atomic E-state index is 13.1. The Bertz CT molecular complexity index is 532. The highest BCUT2D eigenvalue weighted by atomic mass is 19.1. The molecule has 1 N–H and O–H groups in total. The molecule has 1 amide bonds. The highest BCUT2D eigenvalue weighted by molar-refractivity contribution is 5.89. The lowest BCUT2D eigenvalue weighted by Gasteiger charge is -2.22. The largest absolute Gasteiger partial charge is 0.481 e. The SMILES string of the molecule is CCCN(CCc1cccc(F)c1)C(=O)C1CC1C(=O)O. The van der Waals surface area contributed by atoms with Gasteiger partial charge < -0.3 is 10.0 Å². The fraction of sp³-hybridized carbons (Fsp3) is 0.500. The van der Waals surface area contributed by atoms with Crippen LogP contribution >= 0.6 is 0 Å². The van der Waals surface area contributed by atoms with Crippen molar-refractivity contribution in [1.82, 2.24) is 4.90 Å². The molecule has 2 rings (SSSR count). The lowest BCUT2D eigenvalue weighted by atomic mass is 10.1. The van der Waals surface area contributed by atoms with E-state index in [1.807, 2.05) is 13.0 Å². The van der Waals surface area contributed by atoms with Crippen LogP contribution in [-0.2, 0) is 16.0 Å². The minimum atomic E-state index is -0.894. The quantitative estimate of drug-likeness (QED) is 0.839. The molecule has 1 aliphatic rings. The third-order valence-corrected chi connectivity index (χ3v) is 3.79. The Morgan fingerprint density at radius 1 is 1.33 bits per heavy atom. The van der Waals surface area contributed by atoms with Crippen LogP contribution < -0.4 is 0 Å². The molecule has 0 saturated heterocycles. The number of carboxylic acid groups (broad SMARTS) is 1. The Hall–Kier alpha value is -1.91. The number of nitrogens with zero attached hydrogens (tertiary/aromatic N) is 1. The van der Waals surface area contributed by atoms with Crippen LogP contribution in [0.4, 0.5) is 4.39 Å². The second kappa shape index (κ2) is 6.70. The third-order valence-electron chi connectivity index (χ3n) is 3.79. The summed E-state index contributed by atoms with van der Waals surface area (Å²) in [5.74, 6) is -2.16. The highest BCUT2D eigenvalue weighted by Gasteiger charge is 2.49. The molecular weight excluding hydrogens is 273 g/mol. The predicted molar refractivity (Wildman–Crippen MR) is 76.2 cm³/mol. The van der Waals surface area contributed by atoms with Crippen molar-refractivity contribution in [3.05, 3.63) is 35.6 Å². The van der Waals surface area contributed by atoms with Gasteiger partial charge in [0.2, 0.25) is 5.91 Å². The van der Waals surface area contributed by atoms with Crippen molar-refractivity contribution in [3.8, 4) is 0 Å². The molecule has 1 fully saturated rings. The maximum Gasteiger partial charge on any atom is 0.307 e. The molecule has 5 heteroatoms. The summed E-state index contributed by atoms with van der Waals surface area (Å²) in [4.78, 5) is 24.9. The average molecular weight is 293 g/mol. The van der Waals surface area contributed by atoms with Crippen molar-refractivity contribution < 1.29 is 19.1 Å². The van der Waals surface area contributed by atoms with E-state index in [-0.39, 0.29) is 17.6 Å². The van der Waals surface area contributed by atoms with E-state index in [1.54, 1.807) is 11.0 Å². The first kappa shape index (κ1) is 15.5. The van der Waals surface area contributed by atoms with E-state index < -0.39 is 11.9 Å². The normalized spacial score (nSPS) is 20.1. The van der Waals surface area contributed by atoms with Gasteiger partial charge in [-0.15, -0.1) is 0 Å². The van der Waals surface area contributed by atoms with Gasteiger partial charge in [-0.25, -0.2) is 4.39 Å². The number of carbonyl (C=O) groups excluding carboxylic acids is 1. The summed E-state index contributed by atoms with van der Waals surface area (Å²) in [6.45, 7) is 3.08. The second-order valence-corrected chi connectivity index (χ2v) is 5.49. The van der Waals surface area contributed by atoms with E-state index in [9.17, 15) is 14.0 Å². The monoisotopic (exact) mass is 293 g/mol. The van der Waals surface area contributed by atoms with Gasteiger partial charge in [0, 0.05) is 13.1 Å². The molecule has 114 valence electrons. The molecule has 0 heterocycles. The molecule has 0 aliphatic heterocycles. The van der Waals surface area contributed by atoms with Crippen LogP contribution in [0, 0.1) is 17.7 Å². The van der Waals surface area contributed by atoms with E-state index in [2.05, 4.69) is 0 Å². The first-order chi connectivity index (χ1) is 10.0. The number of carbonyl (C=O) groups is 2. The van der Waals surface area contributed by atoms with Gasteiger partial charge in [0.05, 0.1) is 11.8 Å². The Balaban J connectivity index is 1.93. The van der Waals surface area contributed by atoms with E-state index in [1.165, 1.54) is 12.1 Å². The van der Waals surface area contributed by atoms with Crippen LogP contribution in [0.25, 0.3) is 0 Å². The van der Waals surface area contributed by atoms with Crippen LogP contribution in [0.2, 0.25) is 0 Å². The standard InChI is InChI=1S/C16H20FNO3/c1-2-7-18(15(19)13-10-14(13)16(20)21)8-6-11-4-3-5-12(17)9-11/h3-5,9,13-14H,2,6-8,10H2,1H3,(H,20,21). The molecule has 21 heavy (non-hydrogen) atoms. The van der Waals surface area contributed by atoms with Crippen molar-refractivity contribution in [3.63, 3.8) is 0 Å². The molecule has 4 nitrogen and oxygen atoms in total. The van der Waals surface area contributed by atoms with Crippen molar-refractivity contribution in [1.29, 1.82) is 0 Å². The molecule has 2 atom stereocenters. The number of halogens is 1. The van der Waals surface area contributed by atoms with E-state index in [4.69, 9.17) is 5.11 Å². The second-order valence-electron chi connectivity index (χ2n) is 5.49. The molecular formula is C16H20FNO3. The molecule has 0 radical (unpaired) electrons. The summed E-state index contributed by atoms with van der Waals surface area (Å²) in [5.41, 5.74) is 0.842.